The lowest BCUT2D eigenvalue weighted by Gasteiger charge is -2.28. The molecule has 7 heteroatoms. The van der Waals surface area contributed by atoms with Gasteiger partial charge >= 0.3 is 0 Å². The third-order valence-electron chi connectivity index (χ3n) is 4.92. The van der Waals surface area contributed by atoms with Gasteiger partial charge in [0.15, 0.2) is 17.3 Å². The van der Waals surface area contributed by atoms with E-state index < -0.39 is 0 Å². The molecule has 0 bridgehead atoms. The molecule has 1 N–H and O–H groups in total. The smallest absolute Gasteiger partial charge is 0.254 e. The number of fused-ring (bicyclic) bond motifs is 1. The van der Waals surface area contributed by atoms with Crippen LogP contribution in [-0.4, -0.2) is 34.6 Å². The van der Waals surface area contributed by atoms with Crippen LogP contribution in [0.4, 0.5) is 0 Å². The minimum absolute atomic E-state index is 0.0160. The molecule has 4 rings (SSSR count). The van der Waals surface area contributed by atoms with E-state index in [0.717, 1.165) is 46.3 Å². The third-order valence-corrected chi connectivity index (χ3v) is 5.80. The first-order valence-corrected chi connectivity index (χ1v) is 10.8. The summed E-state index contributed by atoms with van der Waals surface area (Å²) in [5.74, 6) is 2.21. The monoisotopic (exact) mass is 411 g/mol. The second-order valence-electron chi connectivity index (χ2n) is 6.92. The van der Waals surface area contributed by atoms with E-state index in [4.69, 9.17) is 14.5 Å². The van der Waals surface area contributed by atoms with Gasteiger partial charge in [0.05, 0.1) is 23.8 Å². The molecule has 0 unspecified atom stereocenters. The zero-order chi connectivity index (χ0) is 20.2. The van der Waals surface area contributed by atoms with Crippen molar-refractivity contribution in [1.82, 2.24) is 14.9 Å². The Hall–Kier alpha value is -2.64. The second-order valence-corrected chi connectivity index (χ2v) is 7.87. The van der Waals surface area contributed by atoms with Crippen LogP contribution in [0.3, 0.4) is 0 Å². The van der Waals surface area contributed by atoms with Gasteiger partial charge in [0.1, 0.15) is 0 Å². The average Bonchev–Trinajstić information content (AvgIpc) is 3.25. The van der Waals surface area contributed by atoms with Gasteiger partial charge in [-0.15, -0.1) is 11.3 Å². The largest absolute Gasteiger partial charge is 0.490 e. The quantitative estimate of drug-likeness (QED) is 0.640. The van der Waals surface area contributed by atoms with Crippen molar-refractivity contribution in [3.05, 3.63) is 62.9 Å². The van der Waals surface area contributed by atoms with Crippen molar-refractivity contribution < 1.29 is 9.47 Å². The van der Waals surface area contributed by atoms with Gasteiger partial charge in [-0.1, -0.05) is 12.1 Å². The molecule has 29 heavy (non-hydrogen) atoms. The summed E-state index contributed by atoms with van der Waals surface area (Å²) in [7, 11) is 0. The van der Waals surface area contributed by atoms with Crippen LogP contribution in [0, 0.1) is 0 Å². The van der Waals surface area contributed by atoms with Gasteiger partial charge in [-0.3, -0.25) is 9.69 Å². The molecule has 0 fully saturated rings. The predicted molar refractivity (Wildman–Crippen MR) is 115 cm³/mol. The number of aromatic nitrogens is 2. The summed E-state index contributed by atoms with van der Waals surface area (Å²) < 4.78 is 11.4. The number of nitrogens with one attached hydrogen (secondary N) is 1. The molecule has 1 aliphatic heterocycles. The highest BCUT2D eigenvalue weighted by Gasteiger charge is 2.22. The molecule has 0 saturated carbocycles. The molecule has 0 amide bonds. The SMILES string of the molecule is CCOc1ccc(CN2CCc3c(nc(-c4cccs4)[nH]c3=O)C2)cc1OCC. The summed E-state index contributed by atoms with van der Waals surface area (Å²) in [5.41, 5.74) is 2.82. The first kappa shape index (κ1) is 19.7. The lowest BCUT2D eigenvalue weighted by atomic mass is 10.1. The summed E-state index contributed by atoms with van der Waals surface area (Å²) >= 11 is 1.58. The second kappa shape index (κ2) is 8.80. The number of H-pyrrole nitrogens is 1. The molecule has 152 valence electrons. The molecular weight excluding hydrogens is 386 g/mol. The van der Waals surface area contributed by atoms with Gasteiger partial charge in [0.25, 0.3) is 5.56 Å². The van der Waals surface area contributed by atoms with E-state index in [-0.39, 0.29) is 5.56 Å². The molecule has 2 aromatic heterocycles. The molecule has 0 saturated heterocycles. The maximum Gasteiger partial charge on any atom is 0.254 e. The van der Waals surface area contributed by atoms with Crippen LogP contribution in [0.5, 0.6) is 11.5 Å². The fourth-order valence-corrected chi connectivity index (χ4v) is 4.28. The van der Waals surface area contributed by atoms with Crippen molar-refractivity contribution in [3.63, 3.8) is 0 Å². The molecule has 0 radical (unpaired) electrons. The predicted octanol–water partition coefficient (Wildman–Crippen LogP) is 3.85. The summed E-state index contributed by atoms with van der Waals surface area (Å²) in [4.78, 5) is 23.5. The molecule has 3 heterocycles. The summed E-state index contributed by atoms with van der Waals surface area (Å²) in [6.07, 6.45) is 0.706. The number of nitrogens with zero attached hydrogens (tertiary/aromatic N) is 2. The van der Waals surface area contributed by atoms with E-state index in [2.05, 4.69) is 16.0 Å². The minimum Gasteiger partial charge on any atom is -0.490 e. The Kier molecular flexibility index (Phi) is 5.97. The van der Waals surface area contributed by atoms with Crippen molar-refractivity contribution in [3.8, 4) is 22.2 Å². The first-order chi connectivity index (χ1) is 14.2. The topological polar surface area (TPSA) is 67.5 Å². The molecule has 0 aliphatic carbocycles. The highest BCUT2D eigenvalue weighted by molar-refractivity contribution is 7.13. The molecular formula is C22H25N3O3S. The van der Waals surface area contributed by atoms with Gasteiger partial charge in [-0.05, 0) is 49.4 Å². The molecule has 0 atom stereocenters. The van der Waals surface area contributed by atoms with Gasteiger partial charge in [-0.25, -0.2) is 4.98 Å². The highest BCUT2D eigenvalue weighted by atomic mass is 32.1. The Morgan fingerprint density at radius 3 is 2.76 bits per heavy atom. The standard InChI is InChI=1S/C22H25N3O3S/c1-3-27-18-8-7-15(12-19(18)28-4-2)13-25-10-9-16-17(14-25)23-21(24-22(16)26)20-6-5-11-29-20/h5-8,11-12H,3-4,9-10,13-14H2,1-2H3,(H,23,24,26). The Bertz CT molecular complexity index is 1030. The average molecular weight is 412 g/mol. The zero-order valence-electron chi connectivity index (χ0n) is 16.7. The third kappa shape index (κ3) is 4.36. The molecule has 3 aromatic rings. The summed E-state index contributed by atoms with van der Waals surface area (Å²) in [6.45, 7) is 7.40. The Morgan fingerprint density at radius 2 is 2.00 bits per heavy atom. The van der Waals surface area contributed by atoms with Crippen molar-refractivity contribution in [2.24, 2.45) is 0 Å². The van der Waals surface area contributed by atoms with E-state index >= 15 is 0 Å². The van der Waals surface area contributed by atoms with Crippen molar-refractivity contribution in [2.45, 2.75) is 33.4 Å². The fraction of sp³-hybridized carbons (Fsp3) is 0.364. The van der Waals surface area contributed by atoms with Crippen LogP contribution in [-0.2, 0) is 19.5 Å². The fourth-order valence-electron chi connectivity index (χ4n) is 3.61. The van der Waals surface area contributed by atoms with E-state index in [1.165, 1.54) is 0 Å². The normalized spacial score (nSPS) is 13.9. The van der Waals surface area contributed by atoms with Crippen LogP contribution in [0.15, 0.2) is 40.5 Å². The van der Waals surface area contributed by atoms with Crippen molar-refractivity contribution in [2.75, 3.05) is 19.8 Å². The van der Waals surface area contributed by atoms with E-state index in [0.29, 0.717) is 32.0 Å². The molecule has 6 nitrogen and oxygen atoms in total. The zero-order valence-corrected chi connectivity index (χ0v) is 17.6. The maximum absolute atomic E-state index is 12.5. The van der Waals surface area contributed by atoms with Crippen LogP contribution in [0.25, 0.3) is 10.7 Å². The Labute approximate surface area is 174 Å². The first-order valence-electron chi connectivity index (χ1n) is 9.94. The number of hydrogen-bond donors (Lipinski definition) is 1. The number of rotatable bonds is 7. The van der Waals surface area contributed by atoms with Gasteiger partial charge in [0, 0.05) is 25.2 Å². The van der Waals surface area contributed by atoms with Gasteiger partial charge in [-0.2, -0.15) is 0 Å². The number of hydrogen-bond acceptors (Lipinski definition) is 6. The Balaban J connectivity index is 1.54. The van der Waals surface area contributed by atoms with E-state index in [1.807, 2.05) is 43.5 Å². The van der Waals surface area contributed by atoms with Gasteiger partial charge < -0.3 is 14.5 Å². The van der Waals surface area contributed by atoms with Crippen molar-refractivity contribution >= 4 is 11.3 Å². The Morgan fingerprint density at radius 1 is 1.17 bits per heavy atom. The van der Waals surface area contributed by atoms with Gasteiger partial charge in [0.2, 0.25) is 0 Å². The maximum atomic E-state index is 12.5. The highest BCUT2D eigenvalue weighted by Crippen LogP contribution is 2.30. The lowest BCUT2D eigenvalue weighted by Crippen LogP contribution is -2.35. The van der Waals surface area contributed by atoms with Crippen LogP contribution >= 0.6 is 11.3 Å². The van der Waals surface area contributed by atoms with E-state index in [1.54, 1.807) is 11.3 Å². The van der Waals surface area contributed by atoms with Crippen LogP contribution in [0.2, 0.25) is 0 Å². The number of thiophene rings is 1. The summed E-state index contributed by atoms with van der Waals surface area (Å²) in [5, 5.41) is 1.99. The van der Waals surface area contributed by atoms with Crippen LogP contribution < -0.4 is 15.0 Å². The molecule has 1 aromatic carbocycles. The number of benzene rings is 1. The lowest BCUT2D eigenvalue weighted by molar-refractivity contribution is 0.239. The molecule has 0 spiro atoms. The van der Waals surface area contributed by atoms with Crippen LogP contribution in [0.1, 0.15) is 30.7 Å². The number of aromatic amines is 1. The number of ether oxygens (including phenoxy) is 2. The molecule has 1 aliphatic rings. The minimum atomic E-state index is -0.0160. The van der Waals surface area contributed by atoms with Crippen molar-refractivity contribution in [1.29, 1.82) is 0 Å². The van der Waals surface area contributed by atoms with E-state index in [9.17, 15) is 4.79 Å². The summed E-state index contributed by atoms with van der Waals surface area (Å²) in [6, 6.07) is 10.0.